The Morgan fingerprint density at radius 1 is 1.47 bits per heavy atom. The molecule has 0 saturated carbocycles. The third-order valence-electron chi connectivity index (χ3n) is 2.23. The minimum Gasteiger partial charge on any atom is -0.350 e. The van der Waals surface area contributed by atoms with Crippen LogP contribution in [-0.4, -0.2) is 25.8 Å². The first kappa shape index (κ1) is 9.91. The van der Waals surface area contributed by atoms with Crippen LogP contribution in [-0.2, 0) is 0 Å². The number of hydrogen-bond acceptors (Lipinski definition) is 5. The zero-order chi connectivity index (χ0) is 11.8. The van der Waals surface area contributed by atoms with Crippen LogP contribution < -0.4 is 5.73 Å². The molecule has 0 bridgehead atoms. The zero-order valence-electron chi connectivity index (χ0n) is 8.49. The summed E-state index contributed by atoms with van der Waals surface area (Å²) in [5.41, 5.74) is 9.63. The van der Waals surface area contributed by atoms with Crippen LogP contribution in [0, 0.1) is 5.51 Å². The smallest absolute Gasteiger partial charge is 0.341 e. The minimum absolute atomic E-state index is 0.420. The zero-order valence-corrected chi connectivity index (χ0v) is 9.31. The topological polar surface area (TPSA) is 86.7 Å². The number of rotatable bonds is 1. The van der Waals surface area contributed by atoms with E-state index < -0.39 is 6.03 Å². The van der Waals surface area contributed by atoms with Crippen molar-refractivity contribution in [1.82, 2.24) is 19.7 Å². The highest BCUT2D eigenvalue weighted by atomic mass is 32.1. The highest BCUT2D eigenvalue weighted by Gasteiger charge is 2.18. The van der Waals surface area contributed by atoms with E-state index in [-0.39, 0.29) is 0 Å². The van der Waals surface area contributed by atoms with E-state index in [9.17, 15) is 4.79 Å². The Labute approximate surface area is 99.7 Å². The third-order valence-corrected chi connectivity index (χ3v) is 3.00. The first-order valence-electron chi connectivity index (χ1n) is 4.74. The Bertz CT molecular complexity index is 687. The van der Waals surface area contributed by atoms with Crippen LogP contribution in [0.5, 0.6) is 0 Å². The Hall–Kier alpha value is -2.28. The van der Waals surface area contributed by atoms with Gasteiger partial charge in [0.05, 0.1) is 5.69 Å². The van der Waals surface area contributed by atoms with Gasteiger partial charge in [0.15, 0.2) is 11.2 Å². The molecule has 1 amide bonds. The van der Waals surface area contributed by atoms with Gasteiger partial charge in [-0.15, -0.1) is 11.3 Å². The second-order valence-electron chi connectivity index (χ2n) is 3.27. The fourth-order valence-electron chi connectivity index (χ4n) is 1.52. The molecular formula is C10H6N5OS. The number of aromatic nitrogens is 4. The van der Waals surface area contributed by atoms with E-state index in [0.29, 0.717) is 17.0 Å². The molecule has 0 spiro atoms. The number of hydrogen-bond donors (Lipinski definition) is 1. The van der Waals surface area contributed by atoms with Gasteiger partial charge in [0.25, 0.3) is 0 Å². The summed E-state index contributed by atoms with van der Waals surface area (Å²) >= 11 is 1.28. The van der Waals surface area contributed by atoms with Crippen LogP contribution in [0.1, 0.15) is 0 Å². The van der Waals surface area contributed by atoms with Crippen molar-refractivity contribution in [2.24, 2.45) is 5.73 Å². The SMILES string of the molecule is NC(=O)n1nc(-c2ccccn2)c2s[c]nc21. The average molecular weight is 244 g/mol. The van der Waals surface area contributed by atoms with Crippen LogP contribution in [0.4, 0.5) is 4.79 Å². The van der Waals surface area contributed by atoms with Gasteiger partial charge < -0.3 is 5.73 Å². The molecule has 0 aliphatic heterocycles. The number of fused-ring (bicyclic) bond motifs is 1. The number of pyridine rings is 1. The molecule has 17 heavy (non-hydrogen) atoms. The summed E-state index contributed by atoms with van der Waals surface area (Å²) in [7, 11) is 0. The number of nitrogens with two attached hydrogens (primary N) is 1. The lowest BCUT2D eigenvalue weighted by molar-refractivity contribution is 0.248. The van der Waals surface area contributed by atoms with Gasteiger partial charge >= 0.3 is 6.03 Å². The van der Waals surface area contributed by atoms with Crippen molar-refractivity contribution in [2.75, 3.05) is 0 Å². The predicted molar refractivity (Wildman–Crippen MR) is 62.5 cm³/mol. The van der Waals surface area contributed by atoms with Crippen molar-refractivity contribution in [3.63, 3.8) is 0 Å². The van der Waals surface area contributed by atoms with Gasteiger partial charge in [-0.2, -0.15) is 9.78 Å². The molecule has 1 radical (unpaired) electrons. The van der Waals surface area contributed by atoms with Crippen LogP contribution in [0.3, 0.4) is 0 Å². The lowest BCUT2D eigenvalue weighted by Crippen LogP contribution is -2.20. The molecule has 2 N–H and O–H groups in total. The molecule has 0 unspecified atom stereocenters. The summed E-state index contributed by atoms with van der Waals surface area (Å²) in [5.74, 6) is 0. The first-order chi connectivity index (χ1) is 8.27. The number of amides is 1. The minimum atomic E-state index is -0.670. The number of nitrogens with zero attached hydrogens (tertiary/aromatic N) is 4. The van der Waals surface area contributed by atoms with Gasteiger partial charge in [-0.05, 0) is 12.1 Å². The van der Waals surface area contributed by atoms with Gasteiger partial charge in [0.1, 0.15) is 10.4 Å². The lowest BCUT2D eigenvalue weighted by atomic mass is 10.3. The maximum absolute atomic E-state index is 11.2. The van der Waals surface area contributed by atoms with Gasteiger partial charge in [-0.1, -0.05) is 6.07 Å². The van der Waals surface area contributed by atoms with Gasteiger partial charge in [0, 0.05) is 6.20 Å². The molecule has 0 aliphatic carbocycles. The average Bonchev–Trinajstić information content (AvgIpc) is 2.90. The van der Waals surface area contributed by atoms with Crippen LogP contribution in [0.25, 0.3) is 21.7 Å². The Kier molecular flexibility index (Phi) is 2.12. The van der Waals surface area contributed by atoms with Crippen molar-refractivity contribution in [2.45, 2.75) is 0 Å². The van der Waals surface area contributed by atoms with Crippen LogP contribution >= 0.6 is 11.3 Å². The highest BCUT2D eigenvalue weighted by molar-refractivity contribution is 7.16. The molecule has 7 heteroatoms. The summed E-state index contributed by atoms with van der Waals surface area (Å²) in [6.07, 6.45) is 1.66. The number of thiazole rings is 1. The largest absolute Gasteiger partial charge is 0.350 e. The molecule has 0 atom stereocenters. The van der Waals surface area contributed by atoms with Crippen molar-refractivity contribution >= 4 is 27.7 Å². The molecule has 3 heterocycles. The summed E-state index contributed by atoms with van der Waals surface area (Å²) in [6.45, 7) is 0. The third kappa shape index (κ3) is 1.48. The van der Waals surface area contributed by atoms with Crippen molar-refractivity contribution in [3.05, 3.63) is 29.9 Å². The maximum Gasteiger partial charge on any atom is 0.341 e. The highest BCUT2D eigenvalue weighted by Crippen LogP contribution is 2.28. The molecule has 3 rings (SSSR count). The summed E-state index contributed by atoms with van der Waals surface area (Å²) < 4.78 is 1.81. The van der Waals surface area contributed by atoms with Gasteiger partial charge in [0.2, 0.25) is 0 Å². The van der Waals surface area contributed by atoms with Gasteiger partial charge in [-0.25, -0.2) is 9.78 Å². The first-order valence-corrected chi connectivity index (χ1v) is 5.56. The van der Waals surface area contributed by atoms with E-state index in [0.717, 1.165) is 9.38 Å². The molecule has 0 aromatic carbocycles. The Morgan fingerprint density at radius 2 is 2.35 bits per heavy atom. The predicted octanol–water partition coefficient (Wildman–Crippen LogP) is 1.28. The van der Waals surface area contributed by atoms with Crippen LogP contribution in [0.15, 0.2) is 24.4 Å². The summed E-state index contributed by atoms with van der Waals surface area (Å²) in [6, 6.07) is 4.80. The number of carbonyl (C=O) groups excluding carboxylic acids is 1. The molecule has 0 aliphatic rings. The molecule has 3 aromatic heterocycles. The Morgan fingerprint density at radius 3 is 3.06 bits per heavy atom. The van der Waals surface area contributed by atoms with Crippen LogP contribution in [0.2, 0.25) is 0 Å². The van der Waals surface area contributed by atoms with E-state index in [1.165, 1.54) is 11.3 Å². The molecule has 0 saturated heterocycles. The molecule has 6 nitrogen and oxygen atoms in total. The van der Waals surface area contributed by atoms with E-state index in [4.69, 9.17) is 5.73 Å². The molecule has 83 valence electrons. The quantitative estimate of drug-likeness (QED) is 0.698. The fraction of sp³-hybridized carbons (Fsp3) is 0. The summed E-state index contributed by atoms with van der Waals surface area (Å²) in [5, 5.41) is 4.13. The van der Waals surface area contributed by atoms with E-state index >= 15 is 0 Å². The second kappa shape index (κ2) is 3.63. The molecule has 3 aromatic rings. The Balaban J connectivity index is 2.31. The molecular weight excluding hydrogens is 238 g/mol. The lowest BCUT2D eigenvalue weighted by Gasteiger charge is -1.94. The summed E-state index contributed by atoms with van der Waals surface area (Å²) in [4.78, 5) is 19.4. The monoisotopic (exact) mass is 244 g/mol. The number of carbonyl (C=O) groups is 1. The molecule has 0 fully saturated rings. The fourth-order valence-corrected chi connectivity index (χ4v) is 2.21. The van der Waals surface area contributed by atoms with E-state index in [1.807, 2.05) is 18.2 Å². The van der Waals surface area contributed by atoms with E-state index in [1.54, 1.807) is 6.20 Å². The maximum atomic E-state index is 11.2. The van der Waals surface area contributed by atoms with Crippen molar-refractivity contribution in [3.8, 4) is 11.4 Å². The van der Waals surface area contributed by atoms with Crippen molar-refractivity contribution < 1.29 is 4.79 Å². The normalized spacial score (nSPS) is 10.8. The van der Waals surface area contributed by atoms with E-state index in [2.05, 4.69) is 20.6 Å². The number of primary amides is 1. The van der Waals surface area contributed by atoms with Gasteiger partial charge in [-0.3, -0.25) is 4.98 Å². The van der Waals surface area contributed by atoms with Crippen molar-refractivity contribution in [1.29, 1.82) is 0 Å². The standard InChI is InChI=1S/C10H6N5OS/c11-10(16)15-9-8(17-5-13-9)7(14-15)6-3-1-2-4-12-6/h1-4H,(H2,11,16). The second-order valence-corrected chi connectivity index (χ2v) is 4.07.